The van der Waals surface area contributed by atoms with E-state index in [1.807, 2.05) is 47.0 Å². The first-order valence-corrected chi connectivity index (χ1v) is 28.1. The fourth-order valence-corrected chi connectivity index (χ4v) is 11.8. The van der Waals surface area contributed by atoms with Gasteiger partial charge in [-0.25, -0.2) is 0 Å². The fourth-order valence-electron chi connectivity index (χ4n) is 11.1. The number of thioether (sulfide) groups is 1. The number of benzene rings is 3. The summed E-state index contributed by atoms with van der Waals surface area (Å²) in [5.74, 6) is -1.58. The minimum absolute atomic E-state index is 0.0564. The highest BCUT2D eigenvalue weighted by Crippen LogP contribution is 2.52. The van der Waals surface area contributed by atoms with Gasteiger partial charge in [0.1, 0.15) is 24.9 Å². The van der Waals surface area contributed by atoms with E-state index in [9.17, 15) is 38.4 Å². The summed E-state index contributed by atoms with van der Waals surface area (Å²) in [4.78, 5) is 109. The van der Waals surface area contributed by atoms with Gasteiger partial charge in [0.25, 0.3) is 17.7 Å². The van der Waals surface area contributed by atoms with Crippen molar-refractivity contribution in [3.63, 3.8) is 0 Å². The van der Waals surface area contributed by atoms with Crippen molar-refractivity contribution in [1.29, 1.82) is 0 Å². The number of anilines is 1. The van der Waals surface area contributed by atoms with Crippen molar-refractivity contribution >= 4 is 64.7 Å². The number of unbranched alkanes of at least 4 members (excludes halogenated alkanes) is 2. The van der Waals surface area contributed by atoms with Gasteiger partial charge < -0.3 is 40.8 Å². The van der Waals surface area contributed by atoms with E-state index in [4.69, 9.17) is 4.74 Å². The maximum absolute atomic E-state index is 14.6. The Balaban J connectivity index is 0.822. The molecule has 5 N–H and O–H groups in total. The Morgan fingerprint density at radius 1 is 0.821 bits per heavy atom. The molecule has 3 atom stereocenters. The number of ether oxygens (including phenoxy) is 1. The Morgan fingerprint density at radius 2 is 1.55 bits per heavy atom. The van der Waals surface area contributed by atoms with Gasteiger partial charge in [0.15, 0.2) is 0 Å². The number of rotatable bonds is 26. The van der Waals surface area contributed by atoms with E-state index in [0.29, 0.717) is 43.2 Å². The number of likely N-dealkylation sites (tertiary alicyclic amines) is 1. The molecular weight excluding hydrogens is 1010 g/mol. The van der Waals surface area contributed by atoms with E-state index in [1.165, 1.54) is 12.2 Å². The number of imide groups is 1. The maximum atomic E-state index is 14.6. The number of aryl methyl sites for hydroxylation is 1. The van der Waals surface area contributed by atoms with Gasteiger partial charge in [-0.2, -0.15) is 0 Å². The Bertz CT molecular complexity index is 2870. The Morgan fingerprint density at radius 3 is 2.27 bits per heavy atom. The Hall–Kier alpha value is -7.23. The molecular formula is C57H71N11O9S. The van der Waals surface area contributed by atoms with E-state index < -0.39 is 42.8 Å². The number of nitrogens with one attached hydrogen (secondary N) is 5. The van der Waals surface area contributed by atoms with E-state index in [1.54, 1.807) is 42.4 Å². The third kappa shape index (κ3) is 14.1. The lowest BCUT2D eigenvalue weighted by molar-refractivity contribution is -0.137. The average molecular weight is 1090 g/mol. The van der Waals surface area contributed by atoms with E-state index in [0.717, 1.165) is 82.3 Å². The molecule has 1 saturated carbocycles. The number of amides is 8. The first-order chi connectivity index (χ1) is 37.6. The molecule has 0 spiro atoms. The van der Waals surface area contributed by atoms with Crippen molar-refractivity contribution in [2.45, 2.75) is 101 Å². The topological polar surface area (TPSA) is 246 Å². The van der Waals surface area contributed by atoms with Crippen LogP contribution in [0.5, 0.6) is 0 Å². The van der Waals surface area contributed by atoms with Gasteiger partial charge in [0.05, 0.1) is 44.2 Å². The number of fused-ring (bicyclic) bond motifs is 1. The molecule has 78 heavy (non-hydrogen) atoms. The SMILES string of the molecule is CSc1cc(C(COCNC(=O)CNC(=O)[C@H](Cc2ccccc2)NC(=O)CNC(=O)CNC(=O)CCCCCN2C(=O)C=CC2=O)N2CCC[C@H](C)C2)cc2c1CN(c1cccc(C3(c4nncn4C)CC(C)C3)c1)C2=O. The summed E-state index contributed by atoms with van der Waals surface area (Å²) in [5.41, 5.74) is 5.07. The molecule has 2 fully saturated rings. The second-order valence-corrected chi connectivity index (χ2v) is 21.8. The van der Waals surface area contributed by atoms with E-state index in [-0.39, 0.29) is 74.4 Å². The molecule has 1 aromatic heterocycles. The molecule has 1 saturated heterocycles. The minimum Gasteiger partial charge on any atom is -0.359 e. The summed E-state index contributed by atoms with van der Waals surface area (Å²) in [6.07, 6.45) is 12.1. The van der Waals surface area contributed by atoms with Gasteiger partial charge in [0, 0.05) is 61.3 Å². The second-order valence-electron chi connectivity index (χ2n) is 21.0. The van der Waals surface area contributed by atoms with Crippen LogP contribution in [0.3, 0.4) is 0 Å². The standard InChI is InChI=1S/C57H71N11O9S/c1-37-13-12-21-66(32-37)46(40-24-43-44(47(25-40)78-4)33-68(55(43)76)42-17-11-16-41(26-42)57(27-38(2)28-57)56-64-62-35-65(56)3)34-77-36-61-50(71)30-60-54(75)45(23-39-14-7-5-8-15-39)63-51(72)31-59-49(70)29-58-48(69)18-9-6-10-22-67-52(73)19-20-53(67)74/h5,7-8,11,14-17,19-20,24-26,35,37-38,45-46H,6,9-10,12-13,18,21-23,27-34,36H2,1-4H3,(H,58,69)(H,59,70)(H,60,75)(H,61,71)(H,63,72)/t37-,38?,45-,46?,57?/m0/s1. The highest BCUT2D eigenvalue weighted by molar-refractivity contribution is 7.98. The zero-order valence-electron chi connectivity index (χ0n) is 44.9. The van der Waals surface area contributed by atoms with Crippen molar-refractivity contribution in [1.82, 2.24) is 51.1 Å². The lowest BCUT2D eigenvalue weighted by atomic mass is 9.58. The molecule has 3 aromatic carbocycles. The van der Waals surface area contributed by atoms with Crippen molar-refractivity contribution in [2.24, 2.45) is 18.9 Å². The molecule has 0 bridgehead atoms. The number of piperidine rings is 1. The number of carbonyl (C=O) groups is 8. The van der Waals surface area contributed by atoms with Crippen LogP contribution in [0.15, 0.2) is 90.1 Å². The van der Waals surface area contributed by atoms with Gasteiger partial charge in [-0.15, -0.1) is 22.0 Å². The van der Waals surface area contributed by atoms with Crippen LogP contribution in [0.2, 0.25) is 0 Å². The molecule has 414 valence electrons. The maximum Gasteiger partial charge on any atom is 0.258 e. The smallest absolute Gasteiger partial charge is 0.258 e. The van der Waals surface area contributed by atoms with Crippen LogP contribution >= 0.6 is 11.8 Å². The summed E-state index contributed by atoms with van der Waals surface area (Å²) in [6, 6.07) is 20.2. The number of carbonyl (C=O) groups excluding carboxylic acids is 8. The summed E-state index contributed by atoms with van der Waals surface area (Å²) >= 11 is 1.62. The van der Waals surface area contributed by atoms with Gasteiger partial charge in [-0.05, 0) is 110 Å². The zero-order chi connectivity index (χ0) is 55.3. The van der Waals surface area contributed by atoms with Crippen LogP contribution in [-0.4, -0.2) is 137 Å². The lowest BCUT2D eigenvalue weighted by Crippen LogP contribution is -2.52. The largest absolute Gasteiger partial charge is 0.359 e. The first kappa shape index (κ1) is 57.0. The predicted molar refractivity (Wildman–Crippen MR) is 292 cm³/mol. The number of hydrogen-bond acceptors (Lipinski definition) is 13. The number of nitrogens with zero attached hydrogens (tertiary/aromatic N) is 6. The van der Waals surface area contributed by atoms with Gasteiger partial charge in [-0.1, -0.05) is 62.7 Å². The molecule has 8 rings (SSSR count). The zero-order valence-corrected chi connectivity index (χ0v) is 45.7. The molecule has 1 unspecified atom stereocenters. The van der Waals surface area contributed by atoms with Crippen LogP contribution in [-0.2, 0) is 63.7 Å². The second kappa shape index (κ2) is 26.4. The van der Waals surface area contributed by atoms with Gasteiger partial charge >= 0.3 is 0 Å². The highest BCUT2D eigenvalue weighted by atomic mass is 32.2. The van der Waals surface area contributed by atoms with Crippen LogP contribution < -0.4 is 31.5 Å². The summed E-state index contributed by atoms with van der Waals surface area (Å²) in [5, 5.41) is 21.7. The molecule has 21 heteroatoms. The first-order valence-electron chi connectivity index (χ1n) is 26.9. The van der Waals surface area contributed by atoms with Crippen molar-refractivity contribution in [3.05, 3.63) is 119 Å². The molecule has 4 aromatic rings. The molecule has 1 aliphatic carbocycles. The van der Waals surface area contributed by atoms with Crippen molar-refractivity contribution in [2.75, 3.05) is 63.8 Å². The quantitative estimate of drug-likeness (QED) is 0.0260. The highest BCUT2D eigenvalue weighted by Gasteiger charge is 2.48. The van der Waals surface area contributed by atoms with Crippen LogP contribution in [0, 0.1) is 11.8 Å². The van der Waals surface area contributed by atoms with Crippen molar-refractivity contribution in [3.8, 4) is 0 Å². The molecule has 3 aliphatic heterocycles. The minimum atomic E-state index is -1.09. The molecule has 0 radical (unpaired) electrons. The summed E-state index contributed by atoms with van der Waals surface area (Å²) in [7, 11) is 1.98. The predicted octanol–water partition coefficient (Wildman–Crippen LogP) is 3.84. The van der Waals surface area contributed by atoms with Crippen molar-refractivity contribution < 1.29 is 43.1 Å². The van der Waals surface area contributed by atoms with Crippen LogP contribution in [0.25, 0.3) is 0 Å². The average Bonchev–Trinajstić information content (AvgIpc) is 4.24. The monoisotopic (exact) mass is 1090 g/mol. The molecule has 4 aliphatic rings. The Labute approximate surface area is 459 Å². The number of hydrogen-bond donors (Lipinski definition) is 5. The third-order valence-electron chi connectivity index (χ3n) is 15.1. The molecule has 8 amide bonds. The van der Waals surface area contributed by atoms with Crippen LogP contribution in [0.1, 0.15) is 110 Å². The van der Waals surface area contributed by atoms with E-state index >= 15 is 0 Å². The number of aromatic nitrogens is 3. The molecule has 4 heterocycles. The fraction of sp³-hybridized carbons (Fsp3) is 0.474. The lowest BCUT2D eigenvalue weighted by Gasteiger charge is -2.46. The molecule has 20 nitrogen and oxygen atoms in total. The Kier molecular flexibility index (Phi) is 19.3. The summed E-state index contributed by atoms with van der Waals surface area (Å²) in [6.45, 7) is 5.77. The van der Waals surface area contributed by atoms with E-state index in [2.05, 4.69) is 73.7 Å². The van der Waals surface area contributed by atoms with Gasteiger partial charge in [-0.3, -0.25) is 48.2 Å². The van der Waals surface area contributed by atoms with Crippen LogP contribution in [0.4, 0.5) is 5.69 Å². The van der Waals surface area contributed by atoms with Gasteiger partial charge in [0.2, 0.25) is 29.5 Å². The third-order valence-corrected chi connectivity index (χ3v) is 15.9. The normalized spacial score (nSPS) is 19.7. The summed E-state index contributed by atoms with van der Waals surface area (Å²) < 4.78 is 8.20.